The summed E-state index contributed by atoms with van der Waals surface area (Å²) in [5.74, 6) is 1.70. The smallest absolute Gasteiger partial charge is 0.194 e. The van der Waals surface area contributed by atoms with Crippen LogP contribution >= 0.6 is 0 Å². The molecule has 0 amide bonds. The van der Waals surface area contributed by atoms with Crippen molar-refractivity contribution in [3.63, 3.8) is 0 Å². The summed E-state index contributed by atoms with van der Waals surface area (Å²) < 4.78 is 8.83. The van der Waals surface area contributed by atoms with Crippen LogP contribution in [0.25, 0.3) is 111 Å². The molecule has 58 heavy (non-hydrogen) atoms. The van der Waals surface area contributed by atoms with Crippen molar-refractivity contribution in [2.75, 3.05) is 0 Å². The third-order valence-corrected chi connectivity index (χ3v) is 10.9. The second kappa shape index (κ2) is 13.6. The average Bonchev–Trinajstić information content (AvgIpc) is 3.85. The van der Waals surface area contributed by atoms with Gasteiger partial charge >= 0.3 is 0 Å². The number of rotatable bonds is 6. The zero-order valence-corrected chi connectivity index (χ0v) is 31.0. The summed E-state index contributed by atoms with van der Waals surface area (Å²) in [6, 6.07) is 63.9. The highest BCUT2D eigenvalue weighted by Crippen LogP contribution is 2.41. The lowest BCUT2D eigenvalue weighted by Crippen LogP contribution is -2.02. The third kappa shape index (κ3) is 5.53. The van der Waals surface area contributed by atoms with E-state index in [1.807, 2.05) is 97.1 Å². The second-order valence-corrected chi connectivity index (χ2v) is 14.3. The molecular formula is C52H31N5O. The van der Waals surface area contributed by atoms with Crippen molar-refractivity contribution >= 4 is 49.4 Å². The Kier molecular flexibility index (Phi) is 7.76. The molecule has 0 aliphatic rings. The second-order valence-electron chi connectivity index (χ2n) is 14.3. The Morgan fingerprint density at radius 3 is 1.76 bits per heavy atom. The first-order valence-corrected chi connectivity index (χ1v) is 19.1. The van der Waals surface area contributed by atoms with Crippen molar-refractivity contribution in [3.05, 3.63) is 199 Å². The molecule has 0 saturated carbocycles. The molecule has 0 radical (unpaired) electrons. The Morgan fingerprint density at radius 2 is 1.00 bits per heavy atom. The van der Waals surface area contributed by atoms with Crippen LogP contribution in [0.5, 0.6) is 0 Å². The minimum atomic E-state index is 0.536. The molecule has 3 heterocycles. The van der Waals surface area contributed by atoms with Crippen molar-refractivity contribution < 1.29 is 4.42 Å². The molecule has 11 aromatic rings. The normalized spacial score (nSPS) is 11.4. The fraction of sp³-hybridized carbons (Fsp3) is 0. The number of furan rings is 1. The molecule has 0 aliphatic carbocycles. The molecule has 8 aromatic carbocycles. The molecule has 0 fully saturated rings. The maximum atomic E-state index is 8.08. The van der Waals surface area contributed by atoms with Crippen LogP contribution in [-0.4, -0.2) is 19.5 Å². The Morgan fingerprint density at radius 1 is 0.414 bits per heavy atom. The van der Waals surface area contributed by atoms with Crippen LogP contribution in [0.1, 0.15) is 0 Å². The van der Waals surface area contributed by atoms with Crippen LogP contribution < -0.4 is 0 Å². The number of para-hydroxylation sites is 4. The number of benzene rings is 8. The molecule has 6 nitrogen and oxygen atoms in total. The van der Waals surface area contributed by atoms with E-state index in [0.717, 1.165) is 88.4 Å². The summed E-state index contributed by atoms with van der Waals surface area (Å²) in [5.41, 5.74) is 11.7. The van der Waals surface area contributed by atoms with E-state index >= 15 is 0 Å². The van der Waals surface area contributed by atoms with E-state index in [9.17, 15) is 0 Å². The van der Waals surface area contributed by atoms with Gasteiger partial charge in [-0.1, -0.05) is 152 Å². The van der Waals surface area contributed by atoms with E-state index in [1.165, 1.54) is 0 Å². The van der Waals surface area contributed by atoms with Crippen molar-refractivity contribution in [2.24, 2.45) is 0 Å². The molecule has 270 valence electrons. The Balaban J connectivity index is 1.19. The lowest BCUT2D eigenvalue weighted by atomic mass is 9.99. The summed E-state index contributed by atoms with van der Waals surface area (Å²) in [6.07, 6.45) is 0. The van der Waals surface area contributed by atoms with Crippen LogP contribution in [0, 0.1) is 6.57 Å². The van der Waals surface area contributed by atoms with Crippen molar-refractivity contribution in [1.82, 2.24) is 19.5 Å². The molecule has 0 spiro atoms. The van der Waals surface area contributed by atoms with Gasteiger partial charge in [0.25, 0.3) is 0 Å². The number of nitrogens with zero attached hydrogens (tertiary/aromatic N) is 5. The maximum absolute atomic E-state index is 8.08. The van der Waals surface area contributed by atoms with Crippen LogP contribution in [0.3, 0.4) is 0 Å². The van der Waals surface area contributed by atoms with Gasteiger partial charge in [0.2, 0.25) is 0 Å². The average molecular weight is 742 g/mol. The van der Waals surface area contributed by atoms with Gasteiger partial charge in [0, 0.05) is 49.5 Å². The molecule has 0 aliphatic heterocycles. The highest BCUT2D eigenvalue weighted by Gasteiger charge is 2.20. The van der Waals surface area contributed by atoms with E-state index in [0.29, 0.717) is 23.2 Å². The van der Waals surface area contributed by atoms with Gasteiger partial charge in [-0.25, -0.2) is 19.8 Å². The first kappa shape index (κ1) is 33.2. The quantitative estimate of drug-likeness (QED) is 0.159. The number of hydrogen-bond donors (Lipinski definition) is 0. The van der Waals surface area contributed by atoms with Gasteiger partial charge in [-0.2, -0.15) is 0 Å². The fourth-order valence-corrected chi connectivity index (χ4v) is 8.17. The van der Waals surface area contributed by atoms with Crippen LogP contribution in [0.4, 0.5) is 5.69 Å². The van der Waals surface area contributed by atoms with E-state index in [-0.39, 0.29) is 0 Å². The number of fused-ring (bicyclic) bond motifs is 6. The minimum Gasteiger partial charge on any atom is -0.455 e. The Bertz CT molecular complexity index is 3360. The van der Waals surface area contributed by atoms with Crippen molar-refractivity contribution in [3.8, 4) is 62.1 Å². The molecule has 6 heteroatoms. The van der Waals surface area contributed by atoms with Crippen LogP contribution in [0.2, 0.25) is 0 Å². The summed E-state index contributed by atoms with van der Waals surface area (Å²) in [4.78, 5) is 19.1. The minimum absolute atomic E-state index is 0.536. The van der Waals surface area contributed by atoms with E-state index < -0.39 is 0 Å². The van der Waals surface area contributed by atoms with Gasteiger partial charge in [-0.05, 0) is 53.1 Å². The largest absolute Gasteiger partial charge is 0.455 e. The summed E-state index contributed by atoms with van der Waals surface area (Å²) in [6.45, 7) is 8.08. The molecule has 0 unspecified atom stereocenters. The van der Waals surface area contributed by atoms with Gasteiger partial charge < -0.3 is 8.98 Å². The van der Waals surface area contributed by atoms with Gasteiger partial charge in [0.05, 0.1) is 17.6 Å². The highest BCUT2D eigenvalue weighted by atomic mass is 16.3. The molecule has 3 aromatic heterocycles. The first-order chi connectivity index (χ1) is 28.7. The fourth-order valence-electron chi connectivity index (χ4n) is 8.17. The predicted octanol–water partition coefficient (Wildman–Crippen LogP) is 13.8. The van der Waals surface area contributed by atoms with E-state index in [2.05, 4.69) is 100 Å². The molecule has 0 bridgehead atoms. The number of hydrogen-bond acceptors (Lipinski definition) is 4. The van der Waals surface area contributed by atoms with Gasteiger partial charge in [0.1, 0.15) is 11.2 Å². The molecule has 0 atom stereocenters. The predicted molar refractivity (Wildman–Crippen MR) is 235 cm³/mol. The number of aromatic nitrogens is 4. The third-order valence-electron chi connectivity index (χ3n) is 10.9. The van der Waals surface area contributed by atoms with Gasteiger partial charge in [-0.3, -0.25) is 0 Å². The van der Waals surface area contributed by atoms with Gasteiger partial charge in [0.15, 0.2) is 23.2 Å². The molecular weight excluding hydrogens is 711 g/mol. The summed E-state index contributed by atoms with van der Waals surface area (Å²) in [7, 11) is 0. The molecule has 0 saturated heterocycles. The zero-order chi connectivity index (χ0) is 38.6. The molecule has 0 N–H and O–H groups in total. The summed E-state index contributed by atoms with van der Waals surface area (Å²) in [5, 5.41) is 4.45. The first-order valence-electron chi connectivity index (χ1n) is 19.1. The topological polar surface area (TPSA) is 61.1 Å². The summed E-state index contributed by atoms with van der Waals surface area (Å²) >= 11 is 0. The van der Waals surface area contributed by atoms with Gasteiger partial charge in [-0.15, -0.1) is 0 Å². The van der Waals surface area contributed by atoms with E-state index in [4.69, 9.17) is 25.9 Å². The van der Waals surface area contributed by atoms with Crippen LogP contribution in [0.15, 0.2) is 192 Å². The lowest BCUT2D eigenvalue weighted by molar-refractivity contribution is 0.670. The van der Waals surface area contributed by atoms with E-state index in [1.54, 1.807) is 0 Å². The lowest BCUT2D eigenvalue weighted by Gasteiger charge is -2.15. The molecule has 11 rings (SSSR count). The zero-order valence-electron chi connectivity index (χ0n) is 31.0. The standard InChI is InChI=1S/C52H31N5O/c1-53-45-24-11-8-19-39(45)36-29-37(52-55-50(33-15-4-2-5-16-33)54-51(56-52)34-17-6-3-7-18-34)31-38(30-36)57-46-25-12-9-20-41(46)42-28-27-35(32-47(42)57)40-22-14-23-44-43-21-10-13-26-48(43)58-49(40)44/h2-32H. The Labute approximate surface area is 333 Å². The Hall–Kier alpha value is -8.14. The van der Waals surface area contributed by atoms with Crippen LogP contribution in [-0.2, 0) is 0 Å². The monoisotopic (exact) mass is 741 g/mol. The highest BCUT2D eigenvalue weighted by molar-refractivity contribution is 6.13. The SMILES string of the molecule is [C-]#[N+]c1ccccc1-c1cc(-c2nc(-c3ccccc3)nc(-c3ccccc3)n2)cc(-n2c3ccccc3c3ccc(-c4cccc5c4oc4ccccc45)cc32)c1. The van der Waals surface area contributed by atoms with Crippen molar-refractivity contribution in [1.29, 1.82) is 0 Å². The maximum Gasteiger partial charge on any atom is 0.194 e. The van der Waals surface area contributed by atoms with Crippen molar-refractivity contribution in [2.45, 2.75) is 0 Å².